The molecule has 0 aromatic rings. The fourth-order valence-corrected chi connectivity index (χ4v) is 0.984. The van der Waals surface area contributed by atoms with Crippen molar-refractivity contribution in [3.63, 3.8) is 0 Å². The zero-order chi connectivity index (χ0) is 9.07. The molecule has 0 aliphatic carbocycles. The van der Waals surface area contributed by atoms with E-state index in [1.54, 1.807) is 0 Å². The highest BCUT2D eigenvalue weighted by Gasteiger charge is 1.83. The Kier molecular flexibility index (Phi) is 10.1. The van der Waals surface area contributed by atoms with Crippen molar-refractivity contribution in [1.82, 2.24) is 0 Å². The number of aliphatic hydroxyl groups is 1. The number of unbranched alkanes of at least 4 members (excludes halogenated alkanes) is 5. The molecule has 0 amide bonds. The Hall–Kier alpha value is -0.480. The van der Waals surface area contributed by atoms with Gasteiger partial charge in [0, 0.05) is 19.4 Å². The van der Waals surface area contributed by atoms with E-state index in [9.17, 15) is 0 Å². The van der Waals surface area contributed by atoms with E-state index in [0.717, 1.165) is 19.3 Å². The third-order valence-corrected chi connectivity index (χ3v) is 1.74. The Morgan fingerprint density at radius 2 is 1.58 bits per heavy atom. The fraction of sp³-hybridized carbons (Fsp3) is 0.818. The van der Waals surface area contributed by atoms with E-state index in [2.05, 4.69) is 18.8 Å². The molecule has 0 aliphatic heterocycles. The highest BCUT2D eigenvalue weighted by molar-refractivity contribution is 4.98. The van der Waals surface area contributed by atoms with Gasteiger partial charge >= 0.3 is 0 Å². The summed E-state index contributed by atoms with van der Waals surface area (Å²) in [6, 6.07) is 0. The van der Waals surface area contributed by atoms with Crippen LogP contribution in [0.1, 0.15) is 51.9 Å². The van der Waals surface area contributed by atoms with Crippen LogP contribution in [0.3, 0.4) is 0 Å². The normalized spacial score (nSPS) is 9.17. The molecule has 0 rings (SSSR count). The van der Waals surface area contributed by atoms with E-state index >= 15 is 0 Å². The van der Waals surface area contributed by atoms with Gasteiger partial charge in [-0.2, -0.15) is 0 Å². The highest BCUT2D eigenvalue weighted by Crippen LogP contribution is 2.00. The Balaban J connectivity index is 2.99. The smallest absolute Gasteiger partial charge is 0.0440 e. The van der Waals surface area contributed by atoms with Crippen LogP contribution in [0.4, 0.5) is 0 Å². The average molecular weight is 168 g/mol. The Labute approximate surface area is 76.2 Å². The van der Waals surface area contributed by atoms with Gasteiger partial charge in [-0.05, 0) is 12.8 Å². The third kappa shape index (κ3) is 9.52. The average Bonchev–Trinajstić information content (AvgIpc) is 2.10. The number of rotatable bonds is 6. The van der Waals surface area contributed by atoms with Crippen LogP contribution in [0.5, 0.6) is 0 Å². The molecule has 0 atom stereocenters. The molecule has 0 saturated carbocycles. The molecule has 0 radical (unpaired) electrons. The predicted molar refractivity (Wildman–Crippen MR) is 52.9 cm³/mol. The molecular weight excluding hydrogens is 148 g/mol. The van der Waals surface area contributed by atoms with Gasteiger partial charge < -0.3 is 5.11 Å². The molecule has 70 valence electrons. The summed E-state index contributed by atoms with van der Waals surface area (Å²) in [5.41, 5.74) is 0. The zero-order valence-corrected chi connectivity index (χ0v) is 8.10. The molecule has 0 aromatic carbocycles. The van der Waals surface area contributed by atoms with E-state index in [1.807, 2.05) is 0 Å². The van der Waals surface area contributed by atoms with Gasteiger partial charge in [-0.1, -0.05) is 26.2 Å². The van der Waals surface area contributed by atoms with Crippen molar-refractivity contribution in [3.8, 4) is 11.8 Å². The van der Waals surface area contributed by atoms with E-state index < -0.39 is 0 Å². The number of hydrogen-bond donors (Lipinski definition) is 1. The second-order valence-corrected chi connectivity index (χ2v) is 2.99. The molecule has 0 saturated heterocycles. The first-order valence-corrected chi connectivity index (χ1v) is 4.98. The molecule has 0 aliphatic rings. The maximum atomic E-state index is 8.47. The quantitative estimate of drug-likeness (QED) is 0.477. The van der Waals surface area contributed by atoms with Crippen molar-refractivity contribution in [2.24, 2.45) is 0 Å². The summed E-state index contributed by atoms with van der Waals surface area (Å²) in [6.45, 7) is 2.48. The lowest BCUT2D eigenvalue weighted by atomic mass is 10.1. The molecule has 0 aromatic heterocycles. The van der Waals surface area contributed by atoms with Crippen molar-refractivity contribution < 1.29 is 5.11 Å². The second kappa shape index (κ2) is 10.5. The molecule has 0 fully saturated rings. The first-order valence-electron chi connectivity index (χ1n) is 4.98. The van der Waals surface area contributed by atoms with Gasteiger partial charge in [0.05, 0.1) is 0 Å². The van der Waals surface area contributed by atoms with E-state index in [4.69, 9.17) is 5.11 Å². The van der Waals surface area contributed by atoms with Crippen LogP contribution in [0.15, 0.2) is 0 Å². The minimum absolute atomic E-state index is 0.268. The largest absolute Gasteiger partial charge is 0.396 e. The van der Waals surface area contributed by atoms with Crippen LogP contribution in [-0.2, 0) is 0 Å². The first kappa shape index (κ1) is 11.5. The molecule has 0 heterocycles. The summed E-state index contributed by atoms with van der Waals surface area (Å²) in [5.74, 6) is 6.17. The monoisotopic (exact) mass is 168 g/mol. The molecule has 1 N–H and O–H groups in total. The fourth-order valence-electron chi connectivity index (χ4n) is 0.984. The lowest BCUT2D eigenvalue weighted by Gasteiger charge is -1.91. The van der Waals surface area contributed by atoms with Crippen LogP contribution in [-0.4, -0.2) is 11.7 Å². The zero-order valence-electron chi connectivity index (χ0n) is 8.10. The molecule has 0 unspecified atom stereocenters. The van der Waals surface area contributed by atoms with E-state index in [1.165, 1.54) is 25.7 Å². The van der Waals surface area contributed by atoms with Gasteiger partial charge in [-0.3, -0.25) is 0 Å². The van der Waals surface area contributed by atoms with Crippen molar-refractivity contribution in [2.45, 2.75) is 51.9 Å². The lowest BCUT2D eigenvalue weighted by molar-refractivity contribution is 0.290. The summed E-state index contributed by atoms with van der Waals surface area (Å²) in [6.07, 6.45) is 7.87. The van der Waals surface area contributed by atoms with Gasteiger partial charge in [-0.15, -0.1) is 11.8 Å². The molecular formula is C11H20O. The van der Waals surface area contributed by atoms with Crippen molar-refractivity contribution in [3.05, 3.63) is 0 Å². The van der Waals surface area contributed by atoms with Crippen LogP contribution in [0.2, 0.25) is 0 Å². The standard InChI is InChI=1S/C11H20O/c1-2-3-4-5-6-7-8-9-10-11-12/h12H,2-6,9-11H2,1H3. The molecule has 0 bridgehead atoms. The maximum absolute atomic E-state index is 8.47. The lowest BCUT2D eigenvalue weighted by Crippen LogP contribution is -1.79. The van der Waals surface area contributed by atoms with Gasteiger partial charge in [0.2, 0.25) is 0 Å². The van der Waals surface area contributed by atoms with Gasteiger partial charge in [-0.25, -0.2) is 0 Å². The minimum Gasteiger partial charge on any atom is -0.396 e. The summed E-state index contributed by atoms with van der Waals surface area (Å²) >= 11 is 0. The topological polar surface area (TPSA) is 20.2 Å². The Morgan fingerprint density at radius 1 is 0.917 bits per heavy atom. The molecule has 1 heteroatoms. The van der Waals surface area contributed by atoms with Crippen LogP contribution >= 0.6 is 0 Å². The third-order valence-electron chi connectivity index (χ3n) is 1.74. The van der Waals surface area contributed by atoms with Crippen molar-refractivity contribution >= 4 is 0 Å². The van der Waals surface area contributed by atoms with Crippen LogP contribution in [0.25, 0.3) is 0 Å². The summed E-state index contributed by atoms with van der Waals surface area (Å²) in [5, 5.41) is 8.47. The van der Waals surface area contributed by atoms with Gasteiger partial charge in [0.1, 0.15) is 0 Å². The summed E-state index contributed by atoms with van der Waals surface area (Å²) in [4.78, 5) is 0. The SMILES string of the molecule is CCCCCCC#CCCCO. The van der Waals surface area contributed by atoms with Gasteiger partial charge in [0.25, 0.3) is 0 Å². The van der Waals surface area contributed by atoms with Gasteiger partial charge in [0.15, 0.2) is 0 Å². The molecule has 0 spiro atoms. The van der Waals surface area contributed by atoms with Crippen LogP contribution in [0, 0.1) is 11.8 Å². The van der Waals surface area contributed by atoms with E-state index in [0.29, 0.717) is 0 Å². The molecule has 12 heavy (non-hydrogen) atoms. The number of aliphatic hydroxyl groups excluding tert-OH is 1. The van der Waals surface area contributed by atoms with Crippen molar-refractivity contribution in [1.29, 1.82) is 0 Å². The Morgan fingerprint density at radius 3 is 2.17 bits per heavy atom. The second-order valence-electron chi connectivity index (χ2n) is 2.99. The van der Waals surface area contributed by atoms with Crippen LogP contribution < -0.4 is 0 Å². The maximum Gasteiger partial charge on any atom is 0.0440 e. The van der Waals surface area contributed by atoms with E-state index in [-0.39, 0.29) is 6.61 Å². The summed E-state index contributed by atoms with van der Waals surface area (Å²) in [7, 11) is 0. The Bertz CT molecular complexity index is 130. The molecule has 1 nitrogen and oxygen atoms in total. The minimum atomic E-state index is 0.268. The van der Waals surface area contributed by atoms with Crippen molar-refractivity contribution in [2.75, 3.05) is 6.61 Å². The highest BCUT2D eigenvalue weighted by atomic mass is 16.2. The first-order chi connectivity index (χ1) is 5.91. The predicted octanol–water partition coefficient (Wildman–Crippen LogP) is 2.73. The number of hydrogen-bond acceptors (Lipinski definition) is 1. The summed E-state index contributed by atoms with van der Waals surface area (Å²) < 4.78 is 0.